The van der Waals surface area contributed by atoms with Gasteiger partial charge < -0.3 is 14.4 Å². The van der Waals surface area contributed by atoms with Crippen LogP contribution in [-0.2, 0) is 24.1 Å². The molecule has 0 spiro atoms. The third-order valence-corrected chi connectivity index (χ3v) is 6.58. The van der Waals surface area contributed by atoms with Gasteiger partial charge >= 0.3 is 6.18 Å². The van der Waals surface area contributed by atoms with Crippen molar-refractivity contribution >= 4 is 22.6 Å². The van der Waals surface area contributed by atoms with Crippen LogP contribution in [0.2, 0.25) is 0 Å². The van der Waals surface area contributed by atoms with Crippen LogP contribution in [0.3, 0.4) is 0 Å². The number of carbonyl (C=O) groups excluding carboxylic acids is 1. The second kappa shape index (κ2) is 8.23. The summed E-state index contributed by atoms with van der Waals surface area (Å²) in [6.07, 6.45) is -0.820. The maximum Gasteiger partial charge on any atom is 0.451 e. The smallest absolute Gasteiger partial charge is 0.368 e. The van der Waals surface area contributed by atoms with E-state index in [0.29, 0.717) is 36.1 Å². The Morgan fingerprint density at radius 3 is 2.76 bits per heavy atom. The van der Waals surface area contributed by atoms with Crippen molar-refractivity contribution < 1.29 is 18.0 Å². The van der Waals surface area contributed by atoms with Crippen LogP contribution in [-0.4, -0.2) is 55.2 Å². The van der Waals surface area contributed by atoms with E-state index in [1.807, 2.05) is 13.0 Å². The van der Waals surface area contributed by atoms with Gasteiger partial charge in [0.2, 0.25) is 11.7 Å². The molecule has 2 aliphatic heterocycles. The molecule has 12 heteroatoms. The normalized spacial score (nSPS) is 20.8. The molecule has 1 amide bonds. The Labute approximate surface area is 192 Å². The molecule has 0 unspecified atom stereocenters. The summed E-state index contributed by atoms with van der Waals surface area (Å²) in [6, 6.07) is 5.82. The first-order valence-electron chi connectivity index (χ1n) is 10.9. The lowest BCUT2D eigenvalue weighted by Crippen LogP contribution is -2.49. The zero-order chi connectivity index (χ0) is 24.0. The van der Waals surface area contributed by atoms with Crippen molar-refractivity contribution in [3.05, 3.63) is 41.7 Å². The molecule has 2 aliphatic rings. The van der Waals surface area contributed by atoms with E-state index in [1.54, 1.807) is 23.4 Å². The highest BCUT2D eigenvalue weighted by Crippen LogP contribution is 2.35. The van der Waals surface area contributed by atoms with Gasteiger partial charge in [0.25, 0.3) is 0 Å². The Balaban J connectivity index is 1.33. The third-order valence-electron chi connectivity index (χ3n) is 6.58. The molecule has 1 fully saturated rings. The van der Waals surface area contributed by atoms with E-state index < -0.39 is 12.0 Å². The number of anilines is 1. The fourth-order valence-electron chi connectivity index (χ4n) is 4.91. The van der Waals surface area contributed by atoms with E-state index in [4.69, 9.17) is 0 Å². The van der Waals surface area contributed by atoms with Crippen LogP contribution in [0.15, 0.2) is 24.5 Å². The van der Waals surface area contributed by atoms with E-state index in [2.05, 4.69) is 31.1 Å². The lowest BCUT2D eigenvalue weighted by atomic mass is 9.85. The third kappa shape index (κ3) is 3.70. The number of hydrogen-bond donors (Lipinski definition) is 0. The van der Waals surface area contributed by atoms with Crippen LogP contribution in [0.25, 0.3) is 11.0 Å². The largest absolute Gasteiger partial charge is 0.451 e. The first kappa shape index (κ1) is 22.1. The summed E-state index contributed by atoms with van der Waals surface area (Å²) in [6.45, 7) is 3.27. The average molecular weight is 470 g/mol. The molecule has 5 rings (SSSR count). The zero-order valence-corrected chi connectivity index (χ0v) is 18.3. The first-order valence-corrected chi connectivity index (χ1v) is 10.9. The second-order valence-corrected chi connectivity index (χ2v) is 8.67. The second-order valence-electron chi connectivity index (χ2n) is 8.67. The van der Waals surface area contributed by atoms with Gasteiger partial charge in [-0.2, -0.15) is 18.4 Å². The first-order chi connectivity index (χ1) is 16.3. The quantitative estimate of drug-likeness (QED) is 0.567. The van der Waals surface area contributed by atoms with Gasteiger partial charge in [-0.1, -0.05) is 6.92 Å². The van der Waals surface area contributed by atoms with Crippen LogP contribution in [0, 0.1) is 23.2 Å². The maximum atomic E-state index is 13.3. The standard InChI is InChI=1S/C22H21F3N8O/c1-13-11-31(19-14(9-26)10-28-16-3-2-5-27-18(16)19)6-4-15(13)20(34)32-7-8-33-17(12-32)29-30-21(33)22(23,24)25/h2-3,5,10,13,15H,4,6-8,11-12H2,1H3/t13-,15+/m1/s1. The molecule has 2 atom stereocenters. The predicted octanol–water partition coefficient (Wildman–Crippen LogP) is 2.62. The molecule has 176 valence electrons. The summed E-state index contributed by atoms with van der Waals surface area (Å²) in [5.74, 6) is -1.29. The monoisotopic (exact) mass is 470 g/mol. The summed E-state index contributed by atoms with van der Waals surface area (Å²) in [5, 5.41) is 16.6. The molecule has 0 N–H and O–H groups in total. The number of piperidine rings is 1. The molecule has 0 aliphatic carbocycles. The van der Waals surface area contributed by atoms with Gasteiger partial charge in [0.1, 0.15) is 11.6 Å². The lowest BCUT2D eigenvalue weighted by molar-refractivity contribution is -0.148. The molecule has 9 nitrogen and oxygen atoms in total. The Kier molecular flexibility index (Phi) is 5.34. The molecule has 3 aromatic rings. The molecule has 5 heterocycles. The number of hydrogen-bond acceptors (Lipinski definition) is 7. The molecule has 0 bridgehead atoms. The van der Waals surface area contributed by atoms with Crippen LogP contribution in [0.4, 0.5) is 18.9 Å². The Morgan fingerprint density at radius 1 is 1.21 bits per heavy atom. The van der Waals surface area contributed by atoms with Gasteiger partial charge in [0.05, 0.1) is 23.3 Å². The highest BCUT2D eigenvalue weighted by atomic mass is 19.4. The summed E-state index contributed by atoms with van der Waals surface area (Å²) < 4.78 is 40.3. The van der Waals surface area contributed by atoms with Gasteiger partial charge in [-0.25, -0.2) is 0 Å². The average Bonchev–Trinajstić information content (AvgIpc) is 3.27. The molecule has 34 heavy (non-hydrogen) atoms. The lowest BCUT2D eigenvalue weighted by Gasteiger charge is -2.40. The van der Waals surface area contributed by atoms with Crippen LogP contribution >= 0.6 is 0 Å². The Morgan fingerprint density at radius 2 is 2.03 bits per heavy atom. The number of fused-ring (bicyclic) bond motifs is 2. The zero-order valence-electron chi connectivity index (χ0n) is 18.3. The number of nitrogens with zero attached hydrogens (tertiary/aromatic N) is 8. The number of rotatable bonds is 2. The summed E-state index contributed by atoms with van der Waals surface area (Å²) in [4.78, 5) is 25.7. The van der Waals surface area contributed by atoms with Crippen LogP contribution < -0.4 is 4.90 Å². The van der Waals surface area contributed by atoms with E-state index in [-0.39, 0.29) is 43.2 Å². The SMILES string of the molecule is C[C@@H]1CN(c2c(C#N)cnc3cccnc23)CC[C@@H]1C(=O)N1CCn2c(nnc2C(F)(F)F)C1. The van der Waals surface area contributed by atoms with Crippen molar-refractivity contribution in [3.8, 4) is 6.07 Å². The fraction of sp³-hybridized carbons (Fsp3) is 0.455. The van der Waals surface area contributed by atoms with Crippen LogP contribution in [0.5, 0.6) is 0 Å². The number of amides is 1. The molecular formula is C22H21F3N8O. The molecule has 0 radical (unpaired) electrons. The molecule has 0 aromatic carbocycles. The Bertz CT molecular complexity index is 1300. The van der Waals surface area contributed by atoms with Gasteiger partial charge in [0.15, 0.2) is 5.82 Å². The van der Waals surface area contributed by atoms with E-state index in [9.17, 15) is 23.2 Å². The number of nitriles is 1. The molecule has 3 aromatic heterocycles. The van der Waals surface area contributed by atoms with E-state index in [0.717, 1.165) is 10.3 Å². The maximum absolute atomic E-state index is 13.3. The molecule has 1 saturated heterocycles. The molecule has 0 saturated carbocycles. The predicted molar refractivity (Wildman–Crippen MR) is 114 cm³/mol. The number of halogens is 3. The number of pyridine rings is 2. The highest BCUT2D eigenvalue weighted by Gasteiger charge is 2.41. The van der Waals surface area contributed by atoms with Crippen molar-refractivity contribution in [1.82, 2.24) is 29.6 Å². The van der Waals surface area contributed by atoms with Gasteiger partial charge in [0, 0.05) is 44.5 Å². The van der Waals surface area contributed by atoms with Crippen molar-refractivity contribution in [3.63, 3.8) is 0 Å². The number of carbonyl (C=O) groups is 1. The topological polar surface area (TPSA) is 104 Å². The minimum Gasteiger partial charge on any atom is -0.368 e. The minimum atomic E-state index is -4.58. The van der Waals surface area contributed by atoms with Crippen molar-refractivity contribution in [2.24, 2.45) is 11.8 Å². The summed E-state index contributed by atoms with van der Waals surface area (Å²) in [5.41, 5.74) is 2.49. The van der Waals surface area contributed by atoms with Crippen molar-refractivity contribution in [2.45, 2.75) is 32.6 Å². The fourth-order valence-corrected chi connectivity index (χ4v) is 4.91. The van der Waals surface area contributed by atoms with Gasteiger partial charge in [-0.15, -0.1) is 10.2 Å². The number of aromatic nitrogens is 5. The minimum absolute atomic E-state index is 0.00629. The van der Waals surface area contributed by atoms with Gasteiger partial charge in [-0.3, -0.25) is 14.8 Å². The van der Waals surface area contributed by atoms with Crippen LogP contribution in [0.1, 0.15) is 30.6 Å². The highest BCUT2D eigenvalue weighted by molar-refractivity contribution is 5.91. The van der Waals surface area contributed by atoms with Gasteiger partial charge in [-0.05, 0) is 24.5 Å². The summed E-state index contributed by atoms with van der Waals surface area (Å²) in [7, 11) is 0. The van der Waals surface area contributed by atoms with E-state index >= 15 is 0 Å². The van der Waals surface area contributed by atoms with Crippen molar-refractivity contribution in [1.29, 1.82) is 5.26 Å². The molecular weight excluding hydrogens is 449 g/mol. The number of alkyl halides is 3. The Hall–Kier alpha value is -3.75. The van der Waals surface area contributed by atoms with Crippen molar-refractivity contribution in [2.75, 3.05) is 24.5 Å². The van der Waals surface area contributed by atoms with E-state index in [1.165, 1.54) is 0 Å². The summed E-state index contributed by atoms with van der Waals surface area (Å²) >= 11 is 0.